The number of halogens is 1. The van der Waals surface area contributed by atoms with Crippen LogP contribution in [0.4, 0.5) is 4.39 Å². The Labute approximate surface area is 120 Å². The molecule has 20 heavy (non-hydrogen) atoms. The van der Waals surface area contributed by atoms with Gasteiger partial charge in [-0.05, 0) is 55.5 Å². The van der Waals surface area contributed by atoms with Crippen molar-refractivity contribution < 1.29 is 9.50 Å². The van der Waals surface area contributed by atoms with Crippen molar-refractivity contribution in [3.8, 4) is 0 Å². The van der Waals surface area contributed by atoms with E-state index in [-0.39, 0.29) is 5.82 Å². The smallest absolute Gasteiger partial charge is 0.128 e. The van der Waals surface area contributed by atoms with Crippen molar-refractivity contribution in [2.75, 3.05) is 0 Å². The number of nitrogens with one attached hydrogen (secondary N) is 1. The van der Waals surface area contributed by atoms with Crippen LogP contribution in [0.5, 0.6) is 0 Å². The van der Waals surface area contributed by atoms with Crippen LogP contribution < -0.4 is 0 Å². The minimum absolute atomic E-state index is 0.247. The van der Waals surface area contributed by atoms with Crippen LogP contribution in [0.25, 0.3) is 10.1 Å². The first kappa shape index (κ1) is 13.3. The van der Waals surface area contributed by atoms with Crippen molar-refractivity contribution in [2.24, 2.45) is 0 Å². The van der Waals surface area contributed by atoms with Gasteiger partial charge in [0.05, 0.1) is 5.69 Å². The number of benzene rings is 1. The molecule has 0 fully saturated rings. The van der Waals surface area contributed by atoms with Gasteiger partial charge in [-0.1, -0.05) is 6.07 Å². The fourth-order valence-corrected chi connectivity index (χ4v) is 3.53. The van der Waals surface area contributed by atoms with Crippen molar-refractivity contribution in [1.29, 1.82) is 0 Å². The summed E-state index contributed by atoms with van der Waals surface area (Å²) in [4.78, 5) is 4.08. The van der Waals surface area contributed by atoms with Crippen LogP contribution in [0.1, 0.15) is 33.5 Å². The number of rotatable bonds is 2. The van der Waals surface area contributed by atoms with Crippen molar-refractivity contribution in [2.45, 2.75) is 26.9 Å². The standard InChI is InChI=1S/C16H16FNOS/c1-8-9(2)15(18-10(8)3)16(19)14-6-11-4-5-12(17)7-13(11)20-14/h4-7,16,18-19H,1-3H3. The SMILES string of the molecule is Cc1[nH]c(C(O)c2cc3ccc(F)cc3s2)c(C)c1C. The number of hydrogen-bond acceptors (Lipinski definition) is 2. The van der Waals surface area contributed by atoms with Crippen LogP contribution in [-0.2, 0) is 0 Å². The Morgan fingerprint density at radius 3 is 2.55 bits per heavy atom. The zero-order valence-corrected chi connectivity index (χ0v) is 12.4. The molecule has 0 radical (unpaired) electrons. The first-order chi connectivity index (χ1) is 9.47. The van der Waals surface area contributed by atoms with Gasteiger partial charge in [-0.15, -0.1) is 11.3 Å². The predicted molar refractivity (Wildman–Crippen MR) is 80.8 cm³/mol. The lowest BCUT2D eigenvalue weighted by atomic mass is 10.1. The Balaban J connectivity index is 2.07. The highest BCUT2D eigenvalue weighted by atomic mass is 32.1. The first-order valence-corrected chi connectivity index (χ1v) is 7.31. The summed E-state index contributed by atoms with van der Waals surface area (Å²) in [6.07, 6.45) is -0.692. The summed E-state index contributed by atoms with van der Waals surface area (Å²) in [5.41, 5.74) is 4.15. The molecule has 0 aliphatic carbocycles. The number of fused-ring (bicyclic) bond motifs is 1. The molecule has 2 nitrogen and oxygen atoms in total. The van der Waals surface area contributed by atoms with E-state index in [1.807, 2.05) is 26.8 Å². The quantitative estimate of drug-likeness (QED) is 0.722. The lowest BCUT2D eigenvalue weighted by molar-refractivity contribution is 0.219. The van der Waals surface area contributed by atoms with Gasteiger partial charge in [0.2, 0.25) is 0 Å². The maximum absolute atomic E-state index is 13.2. The van der Waals surface area contributed by atoms with Gasteiger partial charge in [0.1, 0.15) is 11.9 Å². The van der Waals surface area contributed by atoms with Gasteiger partial charge in [-0.25, -0.2) is 4.39 Å². The van der Waals surface area contributed by atoms with Crippen LogP contribution in [-0.4, -0.2) is 10.1 Å². The number of aryl methyl sites for hydroxylation is 1. The summed E-state index contributed by atoms with van der Waals surface area (Å²) in [5.74, 6) is -0.247. The lowest BCUT2D eigenvalue weighted by Crippen LogP contribution is -1.99. The molecule has 4 heteroatoms. The average molecular weight is 289 g/mol. The number of aliphatic hydroxyl groups is 1. The number of thiophene rings is 1. The molecule has 3 aromatic rings. The molecule has 0 saturated carbocycles. The Morgan fingerprint density at radius 1 is 1.15 bits per heavy atom. The van der Waals surface area contributed by atoms with E-state index >= 15 is 0 Å². The molecule has 1 aromatic carbocycles. The number of aliphatic hydroxyl groups excluding tert-OH is 1. The first-order valence-electron chi connectivity index (χ1n) is 6.50. The molecule has 0 aliphatic rings. The fourth-order valence-electron chi connectivity index (χ4n) is 2.45. The van der Waals surface area contributed by atoms with Crippen molar-refractivity contribution in [1.82, 2.24) is 4.98 Å². The maximum Gasteiger partial charge on any atom is 0.128 e. The van der Waals surface area contributed by atoms with E-state index in [1.165, 1.54) is 29.0 Å². The molecule has 1 unspecified atom stereocenters. The highest BCUT2D eigenvalue weighted by Gasteiger charge is 2.19. The highest BCUT2D eigenvalue weighted by molar-refractivity contribution is 7.19. The molecule has 0 bridgehead atoms. The van der Waals surface area contributed by atoms with E-state index in [4.69, 9.17) is 0 Å². The van der Waals surface area contributed by atoms with Crippen LogP contribution >= 0.6 is 11.3 Å². The van der Waals surface area contributed by atoms with Crippen LogP contribution in [0.3, 0.4) is 0 Å². The van der Waals surface area contributed by atoms with E-state index in [1.54, 1.807) is 6.07 Å². The molecule has 1 atom stereocenters. The number of aromatic amines is 1. The van der Waals surface area contributed by atoms with Crippen molar-refractivity contribution >= 4 is 21.4 Å². The van der Waals surface area contributed by atoms with Gasteiger partial charge in [0.15, 0.2) is 0 Å². The van der Waals surface area contributed by atoms with Gasteiger partial charge in [0, 0.05) is 15.3 Å². The monoisotopic (exact) mass is 289 g/mol. The van der Waals surface area contributed by atoms with Gasteiger partial charge in [-0.3, -0.25) is 0 Å². The van der Waals surface area contributed by atoms with Crippen molar-refractivity contribution in [3.63, 3.8) is 0 Å². The normalized spacial score (nSPS) is 13.1. The third kappa shape index (κ3) is 2.05. The molecule has 3 rings (SSSR count). The number of hydrogen-bond donors (Lipinski definition) is 2. The lowest BCUT2D eigenvalue weighted by Gasteiger charge is -2.08. The highest BCUT2D eigenvalue weighted by Crippen LogP contribution is 2.35. The number of aromatic nitrogens is 1. The fraction of sp³-hybridized carbons (Fsp3) is 0.250. The minimum Gasteiger partial charge on any atom is -0.381 e. The molecule has 2 N–H and O–H groups in total. The Bertz CT molecular complexity index is 787. The topological polar surface area (TPSA) is 36.0 Å². The van der Waals surface area contributed by atoms with Gasteiger partial charge < -0.3 is 10.1 Å². The molecule has 2 aromatic heterocycles. The summed E-state index contributed by atoms with van der Waals surface area (Å²) < 4.78 is 14.1. The van der Waals surface area contributed by atoms with Crippen LogP contribution in [0.15, 0.2) is 24.3 Å². The Morgan fingerprint density at radius 2 is 1.90 bits per heavy atom. The van der Waals surface area contributed by atoms with E-state index in [0.29, 0.717) is 0 Å². The Kier molecular flexibility index (Phi) is 3.15. The van der Waals surface area contributed by atoms with E-state index in [2.05, 4.69) is 4.98 Å². The molecular formula is C16H16FNOS. The molecule has 104 valence electrons. The largest absolute Gasteiger partial charge is 0.381 e. The summed E-state index contributed by atoms with van der Waals surface area (Å²) in [6.45, 7) is 6.04. The van der Waals surface area contributed by atoms with Crippen LogP contribution in [0, 0.1) is 26.6 Å². The predicted octanol–water partition coefficient (Wildman–Crippen LogP) is 4.38. The molecule has 0 spiro atoms. The minimum atomic E-state index is -0.692. The second-order valence-electron chi connectivity index (χ2n) is 5.15. The van der Waals surface area contributed by atoms with E-state index in [9.17, 15) is 9.50 Å². The summed E-state index contributed by atoms with van der Waals surface area (Å²) in [6, 6.07) is 6.62. The Hall–Kier alpha value is -1.65. The molecule has 0 saturated heterocycles. The van der Waals surface area contributed by atoms with Crippen LogP contribution in [0.2, 0.25) is 0 Å². The maximum atomic E-state index is 13.2. The summed E-state index contributed by atoms with van der Waals surface area (Å²) >= 11 is 1.43. The third-order valence-corrected chi connectivity index (χ3v) is 5.05. The summed E-state index contributed by atoms with van der Waals surface area (Å²) in [5, 5.41) is 11.5. The van der Waals surface area contributed by atoms with Gasteiger partial charge >= 0.3 is 0 Å². The van der Waals surface area contributed by atoms with Gasteiger partial charge in [-0.2, -0.15) is 0 Å². The van der Waals surface area contributed by atoms with Gasteiger partial charge in [0.25, 0.3) is 0 Å². The molecular weight excluding hydrogens is 273 g/mol. The average Bonchev–Trinajstić information content (AvgIpc) is 2.94. The molecule has 0 amide bonds. The van der Waals surface area contributed by atoms with E-state index < -0.39 is 6.10 Å². The third-order valence-electron chi connectivity index (χ3n) is 3.90. The number of H-pyrrole nitrogens is 1. The summed E-state index contributed by atoms with van der Waals surface area (Å²) in [7, 11) is 0. The second-order valence-corrected chi connectivity index (χ2v) is 6.26. The zero-order chi connectivity index (χ0) is 14.4. The molecule has 0 aliphatic heterocycles. The molecule has 2 heterocycles. The zero-order valence-electron chi connectivity index (χ0n) is 11.6. The second kappa shape index (κ2) is 4.72. The van der Waals surface area contributed by atoms with Crippen molar-refractivity contribution in [3.05, 3.63) is 57.5 Å². The van der Waals surface area contributed by atoms with E-state index in [0.717, 1.165) is 31.9 Å².